The van der Waals surface area contributed by atoms with Crippen LogP contribution in [0.4, 0.5) is 11.6 Å². The van der Waals surface area contributed by atoms with Gasteiger partial charge in [-0.05, 0) is 25.0 Å². The molecule has 1 saturated carbocycles. The fraction of sp³-hybridized carbons (Fsp3) is 0.636. The van der Waals surface area contributed by atoms with Gasteiger partial charge in [-0.25, -0.2) is 9.97 Å². The Hall–Kier alpha value is -0.970. The number of thioether (sulfide) groups is 1. The van der Waals surface area contributed by atoms with Crippen LogP contribution >= 0.6 is 11.8 Å². The zero-order valence-corrected chi connectivity index (χ0v) is 10.8. The summed E-state index contributed by atoms with van der Waals surface area (Å²) >= 11 is 1.56. The fourth-order valence-electron chi connectivity index (χ4n) is 1.95. The van der Waals surface area contributed by atoms with E-state index in [4.69, 9.17) is 0 Å². The Labute approximate surface area is 101 Å². The van der Waals surface area contributed by atoms with Crippen molar-refractivity contribution >= 4 is 23.4 Å². The summed E-state index contributed by atoms with van der Waals surface area (Å²) in [7, 11) is 1.88. The lowest BCUT2D eigenvalue weighted by Gasteiger charge is -2.33. The van der Waals surface area contributed by atoms with Crippen LogP contribution in [0, 0.1) is 5.92 Å². The van der Waals surface area contributed by atoms with Crippen molar-refractivity contribution < 1.29 is 0 Å². The van der Waals surface area contributed by atoms with Crippen LogP contribution < -0.4 is 10.6 Å². The van der Waals surface area contributed by atoms with Crippen LogP contribution in [-0.2, 0) is 0 Å². The first-order chi connectivity index (χ1) is 7.71. The highest BCUT2D eigenvalue weighted by molar-refractivity contribution is 7.98. The highest BCUT2D eigenvalue weighted by Crippen LogP contribution is 2.29. The molecule has 1 fully saturated rings. The van der Waals surface area contributed by atoms with Gasteiger partial charge in [0.15, 0.2) is 5.16 Å². The van der Waals surface area contributed by atoms with Crippen molar-refractivity contribution in [3.63, 3.8) is 0 Å². The second-order valence-electron chi connectivity index (χ2n) is 4.29. The lowest BCUT2D eigenvalue weighted by atomic mass is 9.82. The highest BCUT2D eigenvalue weighted by Gasteiger charge is 2.25. The maximum Gasteiger partial charge on any atom is 0.191 e. The van der Waals surface area contributed by atoms with Gasteiger partial charge in [-0.2, -0.15) is 0 Å². The summed E-state index contributed by atoms with van der Waals surface area (Å²) in [6.45, 7) is 2.28. The van der Waals surface area contributed by atoms with E-state index in [0.717, 1.165) is 22.7 Å². The summed E-state index contributed by atoms with van der Waals surface area (Å²) in [6.07, 6.45) is 4.48. The number of aromatic nitrogens is 2. The minimum atomic E-state index is 0.587. The van der Waals surface area contributed by atoms with Gasteiger partial charge in [-0.1, -0.05) is 18.7 Å². The molecule has 88 valence electrons. The summed E-state index contributed by atoms with van der Waals surface area (Å²) in [5.74, 6) is 2.65. The van der Waals surface area contributed by atoms with Gasteiger partial charge in [-0.3, -0.25) is 0 Å². The monoisotopic (exact) mass is 238 g/mol. The van der Waals surface area contributed by atoms with E-state index in [2.05, 4.69) is 27.5 Å². The van der Waals surface area contributed by atoms with Gasteiger partial charge in [0.25, 0.3) is 0 Å². The molecule has 1 aromatic rings. The minimum absolute atomic E-state index is 0.587. The maximum absolute atomic E-state index is 4.45. The number of hydrogen-bond donors (Lipinski definition) is 2. The number of nitrogens with one attached hydrogen (secondary N) is 2. The molecule has 0 aliphatic heterocycles. The van der Waals surface area contributed by atoms with E-state index in [1.165, 1.54) is 12.8 Å². The molecule has 0 spiro atoms. The summed E-state index contributed by atoms with van der Waals surface area (Å²) in [4.78, 5) is 8.78. The van der Waals surface area contributed by atoms with Crippen molar-refractivity contribution in [2.45, 2.75) is 31.0 Å². The number of nitrogens with zero attached hydrogens (tertiary/aromatic N) is 2. The molecule has 2 rings (SSSR count). The van der Waals surface area contributed by atoms with Gasteiger partial charge in [0.05, 0.1) is 0 Å². The predicted octanol–water partition coefficient (Wildman–Crippen LogP) is 2.45. The average Bonchev–Trinajstić information content (AvgIpc) is 2.26. The highest BCUT2D eigenvalue weighted by atomic mass is 32.2. The Kier molecular flexibility index (Phi) is 3.53. The first-order valence-corrected chi connectivity index (χ1v) is 6.81. The molecule has 2 N–H and O–H groups in total. The first-order valence-electron chi connectivity index (χ1n) is 5.58. The molecule has 0 saturated heterocycles. The molecule has 0 atom stereocenters. The van der Waals surface area contributed by atoms with Gasteiger partial charge < -0.3 is 10.6 Å². The molecule has 1 aromatic heterocycles. The molecule has 0 amide bonds. The van der Waals surface area contributed by atoms with Crippen LogP contribution in [0.3, 0.4) is 0 Å². The molecule has 5 heteroatoms. The smallest absolute Gasteiger partial charge is 0.191 e. The Morgan fingerprint density at radius 2 is 2.00 bits per heavy atom. The first kappa shape index (κ1) is 11.5. The van der Waals surface area contributed by atoms with E-state index in [-0.39, 0.29) is 0 Å². The largest absolute Gasteiger partial charge is 0.373 e. The standard InChI is InChI=1S/C11H18N4S/c1-7-4-8(5-7)13-10-6-9(12-2)14-11(15-10)16-3/h6-8H,4-5H2,1-3H3,(H2,12,13,14,15). The van der Waals surface area contributed by atoms with Crippen LogP contribution in [0.2, 0.25) is 0 Å². The Morgan fingerprint density at radius 1 is 1.31 bits per heavy atom. The molecule has 0 radical (unpaired) electrons. The van der Waals surface area contributed by atoms with Crippen molar-refractivity contribution in [3.05, 3.63) is 6.07 Å². The van der Waals surface area contributed by atoms with Gasteiger partial charge in [-0.15, -0.1) is 0 Å². The second-order valence-corrected chi connectivity index (χ2v) is 5.07. The number of hydrogen-bond acceptors (Lipinski definition) is 5. The van der Waals surface area contributed by atoms with Crippen molar-refractivity contribution in [3.8, 4) is 0 Å². The van der Waals surface area contributed by atoms with Gasteiger partial charge in [0.2, 0.25) is 0 Å². The molecule has 0 bridgehead atoms. The predicted molar refractivity (Wildman–Crippen MR) is 69.2 cm³/mol. The van der Waals surface area contributed by atoms with Crippen molar-refractivity contribution in [2.24, 2.45) is 5.92 Å². The van der Waals surface area contributed by atoms with E-state index in [1.54, 1.807) is 11.8 Å². The number of rotatable bonds is 4. The van der Waals surface area contributed by atoms with E-state index in [1.807, 2.05) is 19.4 Å². The maximum atomic E-state index is 4.45. The van der Waals surface area contributed by atoms with Crippen LogP contribution in [0.1, 0.15) is 19.8 Å². The molecule has 1 aliphatic rings. The molecule has 16 heavy (non-hydrogen) atoms. The molecule has 0 aromatic carbocycles. The molecule has 0 unspecified atom stereocenters. The molecule has 1 aliphatic carbocycles. The lowest BCUT2D eigenvalue weighted by molar-refractivity contribution is 0.308. The summed E-state index contributed by atoms with van der Waals surface area (Å²) < 4.78 is 0. The van der Waals surface area contributed by atoms with Crippen LogP contribution in [-0.4, -0.2) is 29.3 Å². The van der Waals surface area contributed by atoms with E-state index in [0.29, 0.717) is 6.04 Å². The normalized spacial score (nSPS) is 23.7. The van der Waals surface area contributed by atoms with Crippen molar-refractivity contribution in [2.75, 3.05) is 23.9 Å². The topological polar surface area (TPSA) is 49.8 Å². The Balaban J connectivity index is 2.07. The third-order valence-corrected chi connectivity index (χ3v) is 3.42. The van der Waals surface area contributed by atoms with Crippen molar-refractivity contribution in [1.29, 1.82) is 0 Å². The Bertz CT molecular complexity index is 341. The quantitative estimate of drug-likeness (QED) is 0.623. The zero-order chi connectivity index (χ0) is 11.5. The van der Waals surface area contributed by atoms with Gasteiger partial charge >= 0.3 is 0 Å². The van der Waals surface area contributed by atoms with Gasteiger partial charge in [0.1, 0.15) is 11.6 Å². The van der Waals surface area contributed by atoms with Crippen LogP contribution in [0.25, 0.3) is 0 Å². The minimum Gasteiger partial charge on any atom is -0.373 e. The fourth-order valence-corrected chi connectivity index (χ4v) is 2.33. The molecular formula is C11H18N4S. The Morgan fingerprint density at radius 3 is 2.56 bits per heavy atom. The van der Waals surface area contributed by atoms with E-state index < -0.39 is 0 Å². The van der Waals surface area contributed by atoms with Crippen molar-refractivity contribution in [1.82, 2.24) is 9.97 Å². The number of anilines is 2. The van der Waals surface area contributed by atoms with Gasteiger partial charge in [0, 0.05) is 19.2 Å². The zero-order valence-electron chi connectivity index (χ0n) is 9.95. The SMILES string of the molecule is CNc1cc(NC2CC(C)C2)nc(SC)n1. The molecular weight excluding hydrogens is 220 g/mol. The lowest BCUT2D eigenvalue weighted by Crippen LogP contribution is -2.34. The van der Waals surface area contributed by atoms with E-state index in [9.17, 15) is 0 Å². The summed E-state index contributed by atoms with van der Waals surface area (Å²) in [6, 6.07) is 2.55. The van der Waals surface area contributed by atoms with Crippen LogP contribution in [0.5, 0.6) is 0 Å². The summed E-state index contributed by atoms with van der Waals surface area (Å²) in [5, 5.41) is 7.32. The van der Waals surface area contributed by atoms with E-state index >= 15 is 0 Å². The van der Waals surface area contributed by atoms with Crippen LogP contribution in [0.15, 0.2) is 11.2 Å². The third kappa shape index (κ3) is 2.58. The average molecular weight is 238 g/mol. The molecule has 4 nitrogen and oxygen atoms in total. The molecule has 1 heterocycles. The second kappa shape index (κ2) is 4.91. The summed E-state index contributed by atoms with van der Waals surface area (Å²) in [5.41, 5.74) is 0. The third-order valence-electron chi connectivity index (χ3n) is 2.87.